The van der Waals surface area contributed by atoms with E-state index in [4.69, 9.17) is 4.74 Å². The predicted octanol–water partition coefficient (Wildman–Crippen LogP) is 6.04. The zero-order chi connectivity index (χ0) is 21.1. The molecule has 0 aromatic heterocycles. The van der Waals surface area contributed by atoms with Gasteiger partial charge in [-0.1, -0.05) is 44.0 Å². The minimum atomic E-state index is -0.792. The van der Waals surface area contributed by atoms with Gasteiger partial charge >= 0.3 is 5.97 Å². The van der Waals surface area contributed by atoms with E-state index in [0.29, 0.717) is 18.9 Å². The average Bonchev–Trinajstić information content (AvgIpc) is 3.25. The molecule has 1 aliphatic rings. The van der Waals surface area contributed by atoms with E-state index in [1.807, 2.05) is 30.3 Å². The number of aliphatic carboxylic acids is 1. The van der Waals surface area contributed by atoms with Gasteiger partial charge in [-0.15, -0.1) is 0 Å². The van der Waals surface area contributed by atoms with Crippen LogP contribution >= 0.6 is 0 Å². The molecule has 3 aromatic rings. The molecule has 0 saturated heterocycles. The van der Waals surface area contributed by atoms with Crippen LogP contribution in [0.25, 0.3) is 21.9 Å². The molecule has 0 bridgehead atoms. The molecule has 0 spiro atoms. The minimum absolute atomic E-state index is 0.237. The molecule has 0 radical (unpaired) electrons. The molecule has 0 aliphatic heterocycles. The number of carbonyl (C=O) groups is 1. The molecular weight excluding hydrogens is 376 g/mol. The van der Waals surface area contributed by atoms with Crippen LogP contribution in [0.2, 0.25) is 0 Å². The maximum atomic E-state index is 11.3. The standard InChI is InChI=1S/C26H28O4/c1-17(26(28)29)12-19-6-11-25(30-16-18-4-2-3-5-18)24(13-19)21-8-7-20-9-10-23(27)15-22(20)14-21/h6-11,13-15,17-18,27H,2-5,12,16H2,1H3,(H,28,29). The van der Waals surface area contributed by atoms with E-state index in [2.05, 4.69) is 12.1 Å². The van der Waals surface area contributed by atoms with Crippen molar-refractivity contribution in [3.05, 3.63) is 60.2 Å². The highest BCUT2D eigenvalue weighted by atomic mass is 16.5. The first-order chi connectivity index (χ1) is 14.5. The van der Waals surface area contributed by atoms with Gasteiger partial charge in [0.25, 0.3) is 0 Å². The number of benzene rings is 3. The number of fused-ring (bicyclic) bond motifs is 1. The lowest BCUT2D eigenvalue weighted by Crippen LogP contribution is -2.12. The molecule has 0 amide bonds. The Bertz CT molecular complexity index is 1050. The van der Waals surface area contributed by atoms with Crippen LogP contribution in [-0.4, -0.2) is 22.8 Å². The first kappa shape index (κ1) is 20.3. The highest BCUT2D eigenvalue weighted by Gasteiger charge is 2.18. The van der Waals surface area contributed by atoms with E-state index < -0.39 is 11.9 Å². The summed E-state index contributed by atoms with van der Waals surface area (Å²) in [5.41, 5.74) is 2.94. The molecular formula is C26H28O4. The summed E-state index contributed by atoms with van der Waals surface area (Å²) in [4.78, 5) is 11.3. The Balaban J connectivity index is 1.70. The van der Waals surface area contributed by atoms with Gasteiger partial charge in [0.1, 0.15) is 11.5 Å². The second kappa shape index (κ2) is 8.78. The van der Waals surface area contributed by atoms with Gasteiger partial charge in [0.05, 0.1) is 12.5 Å². The second-order valence-electron chi connectivity index (χ2n) is 8.48. The molecule has 1 aliphatic carbocycles. The summed E-state index contributed by atoms with van der Waals surface area (Å²) in [5.74, 6) is 0.434. The summed E-state index contributed by atoms with van der Waals surface area (Å²) in [6.07, 6.45) is 5.47. The van der Waals surface area contributed by atoms with Crippen LogP contribution in [0.15, 0.2) is 54.6 Å². The van der Waals surface area contributed by atoms with Gasteiger partial charge in [-0.3, -0.25) is 4.79 Å². The summed E-state index contributed by atoms with van der Waals surface area (Å²) < 4.78 is 6.25. The van der Waals surface area contributed by atoms with Gasteiger partial charge in [-0.2, -0.15) is 0 Å². The highest BCUT2D eigenvalue weighted by molar-refractivity contribution is 5.89. The van der Waals surface area contributed by atoms with E-state index >= 15 is 0 Å². The first-order valence-electron chi connectivity index (χ1n) is 10.7. The molecule has 3 aromatic carbocycles. The minimum Gasteiger partial charge on any atom is -0.508 e. The quantitative estimate of drug-likeness (QED) is 0.503. The van der Waals surface area contributed by atoms with Crippen molar-refractivity contribution in [2.75, 3.05) is 6.61 Å². The highest BCUT2D eigenvalue weighted by Crippen LogP contribution is 2.35. The maximum absolute atomic E-state index is 11.3. The zero-order valence-electron chi connectivity index (χ0n) is 17.3. The predicted molar refractivity (Wildman–Crippen MR) is 119 cm³/mol. The van der Waals surface area contributed by atoms with Crippen molar-refractivity contribution >= 4 is 16.7 Å². The van der Waals surface area contributed by atoms with Crippen LogP contribution in [-0.2, 0) is 11.2 Å². The second-order valence-corrected chi connectivity index (χ2v) is 8.48. The summed E-state index contributed by atoms with van der Waals surface area (Å²) in [6, 6.07) is 17.5. The third-order valence-electron chi connectivity index (χ3n) is 6.09. The number of hydrogen-bond donors (Lipinski definition) is 2. The van der Waals surface area contributed by atoms with Crippen molar-refractivity contribution in [2.45, 2.75) is 39.0 Å². The van der Waals surface area contributed by atoms with Crippen molar-refractivity contribution in [1.82, 2.24) is 0 Å². The van der Waals surface area contributed by atoms with Crippen molar-refractivity contribution < 1.29 is 19.7 Å². The fourth-order valence-electron chi connectivity index (χ4n) is 4.28. The number of phenols is 1. The molecule has 1 atom stereocenters. The maximum Gasteiger partial charge on any atom is 0.306 e. The van der Waals surface area contributed by atoms with Crippen molar-refractivity contribution in [3.8, 4) is 22.6 Å². The van der Waals surface area contributed by atoms with Crippen LogP contribution in [0.3, 0.4) is 0 Å². The van der Waals surface area contributed by atoms with Crippen LogP contribution in [0.5, 0.6) is 11.5 Å². The van der Waals surface area contributed by atoms with E-state index in [1.54, 1.807) is 19.1 Å². The monoisotopic (exact) mass is 404 g/mol. The number of carboxylic acid groups (broad SMARTS) is 1. The van der Waals surface area contributed by atoms with Crippen LogP contribution < -0.4 is 4.74 Å². The van der Waals surface area contributed by atoms with E-state index in [9.17, 15) is 15.0 Å². The van der Waals surface area contributed by atoms with Gasteiger partial charge in [-0.05, 0) is 77.4 Å². The SMILES string of the molecule is CC(Cc1ccc(OCC2CCCC2)c(-c2ccc3ccc(O)cc3c2)c1)C(=O)O. The smallest absolute Gasteiger partial charge is 0.306 e. The number of phenolic OH excluding ortho intramolecular Hbond substituents is 1. The Morgan fingerprint density at radius 2 is 1.80 bits per heavy atom. The molecule has 2 N–H and O–H groups in total. The fourth-order valence-corrected chi connectivity index (χ4v) is 4.28. The van der Waals surface area contributed by atoms with Crippen molar-refractivity contribution in [2.24, 2.45) is 11.8 Å². The molecule has 4 heteroatoms. The Kier molecular flexibility index (Phi) is 5.93. The lowest BCUT2D eigenvalue weighted by Gasteiger charge is -2.17. The zero-order valence-corrected chi connectivity index (χ0v) is 17.3. The van der Waals surface area contributed by atoms with Crippen LogP contribution in [0, 0.1) is 11.8 Å². The largest absolute Gasteiger partial charge is 0.508 e. The molecule has 4 rings (SSSR count). The summed E-state index contributed by atoms with van der Waals surface area (Å²) in [6.45, 7) is 2.44. The van der Waals surface area contributed by atoms with Gasteiger partial charge in [0.15, 0.2) is 0 Å². The Morgan fingerprint density at radius 3 is 2.57 bits per heavy atom. The normalized spacial score (nSPS) is 15.4. The molecule has 1 unspecified atom stereocenters. The first-order valence-corrected chi connectivity index (χ1v) is 10.7. The number of ether oxygens (including phenoxy) is 1. The van der Waals surface area contributed by atoms with Crippen molar-refractivity contribution in [3.63, 3.8) is 0 Å². The van der Waals surface area contributed by atoms with Gasteiger partial charge in [-0.25, -0.2) is 0 Å². The van der Waals surface area contributed by atoms with Crippen LogP contribution in [0.1, 0.15) is 38.2 Å². The van der Waals surface area contributed by atoms with E-state index in [1.165, 1.54) is 25.7 Å². The topological polar surface area (TPSA) is 66.8 Å². The van der Waals surface area contributed by atoms with Crippen molar-refractivity contribution in [1.29, 1.82) is 0 Å². The Morgan fingerprint density at radius 1 is 1.03 bits per heavy atom. The van der Waals surface area contributed by atoms with Gasteiger partial charge in [0, 0.05) is 5.56 Å². The number of aromatic hydroxyl groups is 1. The third-order valence-corrected chi connectivity index (χ3v) is 6.09. The number of carboxylic acids is 1. The van der Waals surface area contributed by atoms with E-state index in [-0.39, 0.29) is 5.75 Å². The molecule has 1 fully saturated rings. The third kappa shape index (κ3) is 4.59. The lowest BCUT2D eigenvalue weighted by atomic mass is 9.95. The fraction of sp³-hybridized carbons (Fsp3) is 0.346. The molecule has 156 valence electrons. The molecule has 30 heavy (non-hydrogen) atoms. The molecule has 1 saturated carbocycles. The average molecular weight is 405 g/mol. The summed E-state index contributed by atoms with van der Waals surface area (Å²) in [5, 5.41) is 21.2. The lowest BCUT2D eigenvalue weighted by molar-refractivity contribution is -0.141. The number of hydrogen-bond acceptors (Lipinski definition) is 3. The Hall–Kier alpha value is -3.01. The summed E-state index contributed by atoms with van der Waals surface area (Å²) in [7, 11) is 0. The Labute approximate surface area is 177 Å². The number of rotatable bonds is 7. The van der Waals surface area contributed by atoms with Crippen LogP contribution in [0.4, 0.5) is 0 Å². The van der Waals surface area contributed by atoms with Gasteiger partial charge < -0.3 is 14.9 Å². The molecule has 0 heterocycles. The summed E-state index contributed by atoms with van der Waals surface area (Å²) >= 11 is 0. The van der Waals surface area contributed by atoms with Gasteiger partial charge in [0.2, 0.25) is 0 Å². The van der Waals surface area contributed by atoms with E-state index in [0.717, 1.165) is 33.2 Å². The molecule has 4 nitrogen and oxygen atoms in total.